The third kappa shape index (κ3) is 3.38. The zero-order valence-electron chi connectivity index (χ0n) is 14.9. The smallest absolute Gasteiger partial charge is 0.258 e. The molecule has 0 atom stereocenters. The number of amides is 1. The SMILES string of the molecule is Cc1noc(C)c1COc1cc2ccccc2cc1C(=O)N(C)CC#N. The molecule has 3 rings (SSSR count). The number of nitrogens with zero attached hydrogens (tertiary/aromatic N) is 3. The lowest BCUT2D eigenvalue weighted by atomic mass is 10.0. The normalized spacial score (nSPS) is 10.5. The molecule has 1 heterocycles. The van der Waals surface area contributed by atoms with Crippen LogP contribution in [0.3, 0.4) is 0 Å². The van der Waals surface area contributed by atoms with Gasteiger partial charge in [-0.2, -0.15) is 5.26 Å². The molecule has 0 aliphatic carbocycles. The van der Waals surface area contributed by atoms with Crippen LogP contribution in [-0.2, 0) is 6.61 Å². The molecule has 0 aliphatic rings. The van der Waals surface area contributed by atoms with E-state index >= 15 is 0 Å². The van der Waals surface area contributed by atoms with Crippen LogP contribution >= 0.6 is 0 Å². The zero-order chi connectivity index (χ0) is 18.7. The summed E-state index contributed by atoms with van der Waals surface area (Å²) in [6, 6.07) is 13.4. The van der Waals surface area contributed by atoms with Crippen LogP contribution in [0.5, 0.6) is 5.75 Å². The van der Waals surface area contributed by atoms with E-state index in [1.54, 1.807) is 13.1 Å². The van der Waals surface area contributed by atoms with E-state index in [1.807, 2.05) is 50.2 Å². The standard InChI is InChI=1S/C20H19N3O3/c1-13-18(14(2)26-22-13)12-25-19-11-16-7-5-4-6-15(16)10-17(19)20(24)23(3)9-8-21/h4-7,10-11H,9,12H2,1-3H3. The average molecular weight is 349 g/mol. The minimum absolute atomic E-state index is 0.00890. The summed E-state index contributed by atoms with van der Waals surface area (Å²) in [5.41, 5.74) is 2.05. The van der Waals surface area contributed by atoms with Crippen molar-refractivity contribution in [1.82, 2.24) is 10.1 Å². The lowest BCUT2D eigenvalue weighted by Crippen LogP contribution is -2.27. The topological polar surface area (TPSA) is 79.4 Å². The second-order valence-electron chi connectivity index (χ2n) is 6.11. The third-order valence-electron chi connectivity index (χ3n) is 4.29. The summed E-state index contributed by atoms with van der Waals surface area (Å²) in [5, 5.41) is 14.7. The fraction of sp³-hybridized carbons (Fsp3) is 0.250. The molecule has 0 fully saturated rings. The van der Waals surface area contributed by atoms with E-state index in [2.05, 4.69) is 5.16 Å². The summed E-state index contributed by atoms with van der Waals surface area (Å²) in [6.07, 6.45) is 0. The molecule has 0 N–H and O–H groups in total. The molecule has 0 aliphatic heterocycles. The van der Waals surface area contributed by atoms with Gasteiger partial charge in [0.25, 0.3) is 5.91 Å². The van der Waals surface area contributed by atoms with Crippen LogP contribution in [0.25, 0.3) is 10.8 Å². The van der Waals surface area contributed by atoms with Gasteiger partial charge in [0.2, 0.25) is 0 Å². The second-order valence-corrected chi connectivity index (χ2v) is 6.11. The lowest BCUT2D eigenvalue weighted by molar-refractivity contribution is 0.0807. The van der Waals surface area contributed by atoms with Crippen molar-refractivity contribution in [1.29, 1.82) is 5.26 Å². The van der Waals surface area contributed by atoms with Crippen LogP contribution < -0.4 is 4.74 Å². The fourth-order valence-corrected chi connectivity index (χ4v) is 2.75. The molecule has 0 unspecified atom stereocenters. The predicted molar refractivity (Wildman–Crippen MR) is 96.8 cm³/mol. The number of hydrogen-bond acceptors (Lipinski definition) is 5. The van der Waals surface area contributed by atoms with E-state index in [9.17, 15) is 4.79 Å². The first-order valence-corrected chi connectivity index (χ1v) is 8.21. The molecule has 132 valence electrons. The Hall–Kier alpha value is -3.33. The van der Waals surface area contributed by atoms with Crippen molar-refractivity contribution in [3.63, 3.8) is 0 Å². The molecule has 2 aromatic carbocycles. The number of nitriles is 1. The van der Waals surface area contributed by atoms with Gasteiger partial charge in [-0.05, 0) is 36.8 Å². The highest BCUT2D eigenvalue weighted by molar-refractivity contribution is 6.01. The molecular weight excluding hydrogens is 330 g/mol. The van der Waals surface area contributed by atoms with Crippen molar-refractivity contribution in [3.8, 4) is 11.8 Å². The van der Waals surface area contributed by atoms with E-state index in [0.29, 0.717) is 17.1 Å². The molecule has 0 spiro atoms. The number of carbonyl (C=O) groups is 1. The number of ether oxygens (including phenoxy) is 1. The maximum atomic E-state index is 12.8. The molecule has 6 nitrogen and oxygen atoms in total. The van der Waals surface area contributed by atoms with E-state index < -0.39 is 0 Å². The first kappa shape index (κ1) is 17.5. The molecule has 3 aromatic rings. The highest BCUT2D eigenvalue weighted by atomic mass is 16.5. The van der Waals surface area contributed by atoms with Crippen molar-refractivity contribution in [2.75, 3.05) is 13.6 Å². The average Bonchev–Trinajstić information content (AvgIpc) is 2.96. The Morgan fingerprint density at radius 1 is 1.27 bits per heavy atom. The first-order chi connectivity index (χ1) is 12.5. The van der Waals surface area contributed by atoms with E-state index in [4.69, 9.17) is 14.5 Å². The Balaban J connectivity index is 2.00. The van der Waals surface area contributed by atoms with Gasteiger partial charge in [-0.25, -0.2) is 0 Å². The van der Waals surface area contributed by atoms with E-state index in [1.165, 1.54) is 4.90 Å². The maximum Gasteiger partial charge on any atom is 0.258 e. The molecule has 1 aromatic heterocycles. The Kier molecular flexibility index (Phi) is 4.90. The molecular formula is C20H19N3O3. The van der Waals surface area contributed by atoms with Gasteiger partial charge in [-0.15, -0.1) is 0 Å². The van der Waals surface area contributed by atoms with Gasteiger partial charge in [0, 0.05) is 7.05 Å². The van der Waals surface area contributed by atoms with Crippen molar-refractivity contribution >= 4 is 16.7 Å². The van der Waals surface area contributed by atoms with Gasteiger partial charge in [0.1, 0.15) is 24.7 Å². The number of carbonyl (C=O) groups excluding carboxylic acids is 1. The minimum atomic E-state index is -0.258. The van der Waals surface area contributed by atoms with Gasteiger partial charge in [0.05, 0.1) is 22.9 Å². The second kappa shape index (κ2) is 7.28. The summed E-state index contributed by atoms with van der Waals surface area (Å²) in [5.74, 6) is 0.905. The highest BCUT2D eigenvalue weighted by Gasteiger charge is 2.19. The van der Waals surface area contributed by atoms with Crippen LogP contribution in [0.2, 0.25) is 0 Å². The summed E-state index contributed by atoms with van der Waals surface area (Å²) in [4.78, 5) is 14.1. The highest BCUT2D eigenvalue weighted by Crippen LogP contribution is 2.28. The molecule has 0 bridgehead atoms. The monoisotopic (exact) mass is 349 g/mol. The number of benzene rings is 2. The van der Waals surface area contributed by atoms with Crippen LogP contribution in [0.4, 0.5) is 0 Å². The molecule has 6 heteroatoms. The molecule has 0 saturated carbocycles. The summed E-state index contributed by atoms with van der Waals surface area (Å²) in [6.45, 7) is 3.94. The number of hydrogen-bond donors (Lipinski definition) is 0. The van der Waals surface area contributed by atoms with Crippen molar-refractivity contribution in [2.24, 2.45) is 0 Å². The number of fused-ring (bicyclic) bond motifs is 1. The predicted octanol–water partition coefficient (Wildman–Crippen LogP) is 3.62. The molecule has 0 saturated heterocycles. The third-order valence-corrected chi connectivity index (χ3v) is 4.29. The molecule has 0 radical (unpaired) electrons. The largest absolute Gasteiger partial charge is 0.488 e. The van der Waals surface area contributed by atoms with Gasteiger partial charge in [0.15, 0.2) is 0 Å². The summed E-state index contributed by atoms with van der Waals surface area (Å²) >= 11 is 0. The quantitative estimate of drug-likeness (QED) is 0.657. The van der Waals surface area contributed by atoms with Crippen LogP contribution in [0.1, 0.15) is 27.4 Å². The van der Waals surface area contributed by atoms with Crippen LogP contribution in [0.15, 0.2) is 40.9 Å². The Morgan fingerprint density at radius 2 is 1.96 bits per heavy atom. The van der Waals surface area contributed by atoms with Crippen molar-refractivity contribution in [2.45, 2.75) is 20.5 Å². The number of aryl methyl sites for hydroxylation is 2. The van der Waals surface area contributed by atoms with Crippen molar-refractivity contribution in [3.05, 3.63) is 59.0 Å². The van der Waals surface area contributed by atoms with E-state index in [0.717, 1.165) is 22.0 Å². The van der Waals surface area contributed by atoms with Crippen molar-refractivity contribution < 1.29 is 14.1 Å². The minimum Gasteiger partial charge on any atom is -0.488 e. The number of aromatic nitrogens is 1. The first-order valence-electron chi connectivity index (χ1n) is 8.21. The Morgan fingerprint density at radius 3 is 2.58 bits per heavy atom. The molecule has 26 heavy (non-hydrogen) atoms. The Bertz CT molecular complexity index is 982. The summed E-state index contributed by atoms with van der Waals surface area (Å²) < 4.78 is 11.1. The van der Waals surface area contributed by atoms with Crippen LogP contribution in [0, 0.1) is 25.2 Å². The fourth-order valence-electron chi connectivity index (χ4n) is 2.75. The number of rotatable bonds is 5. The molecule has 1 amide bonds. The maximum absolute atomic E-state index is 12.8. The van der Waals surface area contributed by atoms with Gasteiger partial charge < -0.3 is 14.2 Å². The lowest BCUT2D eigenvalue weighted by Gasteiger charge is -2.17. The van der Waals surface area contributed by atoms with E-state index in [-0.39, 0.29) is 19.1 Å². The Labute approximate surface area is 151 Å². The zero-order valence-corrected chi connectivity index (χ0v) is 14.9. The van der Waals surface area contributed by atoms with Gasteiger partial charge in [-0.3, -0.25) is 4.79 Å². The van der Waals surface area contributed by atoms with Gasteiger partial charge >= 0.3 is 0 Å². The summed E-state index contributed by atoms with van der Waals surface area (Å²) in [7, 11) is 1.60. The van der Waals surface area contributed by atoms with Crippen LogP contribution in [-0.4, -0.2) is 29.6 Å². The van der Waals surface area contributed by atoms with Gasteiger partial charge in [-0.1, -0.05) is 29.4 Å².